The fourth-order valence-electron chi connectivity index (χ4n) is 0.887. The molecule has 0 fully saturated rings. The van der Waals surface area contributed by atoms with Crippen LogP contribution in [0.15, 0.2) is 29.2 Å². The lowest BCUT2D eigenvalue weighted by Gasteiger charge is -1.90. The number of pyridine rings is 1. The van der Waals surface area contributed by atoms with E-state index in [0.29, 0.717) is 11.0 Å². The summed E-state index contributed by atoms with van der Waals surface area (Å²) in [4.78, 5) is 23.7. The predicted molar refractivity (Wildman–Crippen MR) is 53.5 cm³/mol. The lowest BCUT2D eigenvalue weighted by molar-refractivity contribution is -0.134. The number of rotatable bonds is 0. The van der Waals surface area contributed by atoms with E-state index in [1.165, 1.54) is 6.07 Å². The smallest absolute Gasteiger partial charge is 0.300 e. The maximum Gasteiger partial charge on any atom is 0.300 e. The molecule has 0 atom stereocenters. The number of aromatic nitrogens is 3. The first kappa shape index (κ1) is 10.8. The van der Waals surface area contributed by atoms with Gasteiger partial charge in [0, 0.05) is 19.2 Å². The van der Waals surface area contributed by atoms with Crippen molar-refractivity contribution in [2.45, 2.75) is 6.92 Å². The Morgan fingerprint density at radius 3 is 2.80 bits per heavy atom. The van der Waals surface area contributed by atoms with E-state index in [1.54, 1.807) is 18.3 Å². The van der Waals surface area contributed by atoms with Gasteiger partial charge < -0.3 is 5.11 Å². The lowest BCUT2D eigenvalue weighted by Crippen LogP contribution is -2.05. The molecule has 2 N–H and O–H groups in total. The summed E-state index contributed by atoms with van der Waals surface area (Å²) in [7, 11) is 0. The topological polar surface area (TPSA) is 95.9 Å². The Hall–Kier alpha value is -2.24. The highest BCUT2D eigenvalue weighted by Crippen LogP contribution is 2.00. The highest BCUT2D eigenvalue weighted by atomic mass is 16.4. The molecule has 6 heteroatoms. The van der Waals surface area contributed by atoms with Crippen molar-refractivity contribution in [1.29, 1.82) is 0 Å². The van der Waals surface area contributed by atoms with E-state index in [1.807, 2.05) is 0 Å². The molecule has 2 heterocycles. The molecule has 0 unspecified atom stereocenters. The molecule has 0 bridgehead atoms. The van der Waals surface area contributed by atoms with Gasteiger partial charge in [-0.25, -0.2) is 5.10 Å². The van der Waals surface area contributed by atoms with E-state index in [9.17, 15) is 4.79 Å². The van der Waals surface area contributed by atoms with E-state index in [-0.39, 0.29) is 5.56 Å². The Kier molecular flexibility index (Phi) is 3.50. The Balaban J connectivity index is 0.000000245. The van der Waals surface area contributed by atoms with Crippen molar-refractivity contribution < 1.29 is 9.90 Å². The van der Waals surface area contributed by atoms with Crippen LogP contribution in [-0.2, 0) is 4.79 Å². The third-order valence-electron chi connectivity index (χ3n) is 1.37. The number of carbonyl (C=O) groups is 1. The summed E-state index contributed by atoms with van der Waals surface area (Å²) < 4.78 is 0. The highest BCUT2D eigenvalue weighted by molar-refractivity contribution is 5.72. The van der Waals surface area contributed by atoms with Crippen molar-refractivity contribution >= 4 is 17.0 Å². The highest BCUT2D eigenvalue weighted by Gasteiger charge is 1.92. The summed E-state index contributed by atoms with van der Waals surface area (Å²) >= 11 is 0. The minimum atomic E-state index is -0.833. The van der Waals surface area contributed by atoms with E-state index >= 15 is 0 Å². The first-order valence-electron chi connectivity index (χ1n) is 4.09. The molecule has 78 valence electrons. The zero-order chi connectivity index (χ0) is 11.3. The normalized spacial score (nSPS) is 9.13. The maximum atomic E-state index is 10.7. The Bertz CT molecular complexity index is 517. The maximum absolute atomic E-state index is 10.7. The van der Waals surface area contributed by atoms with Gasteiger partial charge in [0.15, 0.2) is 0 Å². The van der Waals surface area contributed by atoms with Crippen LogP contribution in [0.25, 0.3) is 11.0 Å². The second kappa shape index (κ2) is 4.85. The predicted octanol–water partition coefficient (Wildman–Crippen LogP) is 0.409. The molecule has 0 amide bonds. The standard InChI is InChI=1S/C7H5N3O.C2H4O2/c11-7-4-6-5(9-10-7)2-1-3-8-6;1-2(3)4/h1-4H,(H,10,11);1H3,(H,3,4). The third kappa shape index (κ3) is 3.55. The van der Waals surface area contributed by atoms with Gasteiger partial charge in [0.2, 0.25) is 0 Å². The molecule has 15 heavy (non-hydrogen) atoms. The molecule has 2 rings (SSSR count). The molecule has 0 saturated heterocycles. The van der Waals surface area contributed by atoms with Gasteiger partial charge in [0.05, 0.1) is 5.52 Å². The van der Waals surface area contributed by atoms with Crippen LogP contribution in [0.4, 0.5) is 0 Å². The molecule has 0 aliphatic carbocycles. The van der Waals surface area contributed by atoms with Gasteiger partial charge in [-0.1, -0.05) is 0 Å². The minimum Gasteiger partial charge on any atom is -0.481 e. The first-order valence-corrected chi connectivity index (χ1v) is 4.09. The molecule has 0 spiro atoms. The number of nitrogens with one attached hydrogen (secondary N) is 1. The molecule has 0 aliphatic heterocycles. The molecular formula is C9H9N3O3. The molecule has 0 aliphatic rings. The second-order valence-corrected chi connectivity index (χ2v) is 2.66. The SMILES string of the molecule is CC(=O)O.O=c1cc2ncccc2n[nH]1. The lowest BCUT2D eigenvalue weighted by atomic mass is 10.3. The largest absolute Gasteiger partial charge is 0.481 e. The van der Waals surface area contributed by atoms with Gasteiger partial charge in [-0.15, -0.1) is 0 Å². The van der Waals surface area contributed by atoms with Crippen LogP contribution in [-0.4, -0.2) is 26.3 Å². The summed E-state index contributed by atoms with van der Waals surface area (Å²) in [6.45, 7) is 1.08. The number of hydrogen-bond acceptors (Lipinski definition) is 4. The monoisotopic (exact) mass is 207 g/mol. The molecule has 2 aromatic heterocycles. The number of H-pyrrole nitrogens is 1. The zero-order valence-electron chi connectivity index (χ0n) is 7.97. The van der Waals surface area contributed by atoms with Crippen molar-refractivity contribution in [1.82, 2.24) is 15.2 Å². The molecular weight excluding hydrogens is 198 g/mol. The number of fused-ring (bicyclic) bond motifs is 1. The number of carboxylic acids is 1. The van der Waals surface area contributed by atoms with Crippen LogP contribution in [0.1, 0.15) is 6.92 Å². The number of aromatic amines is 1. The van der Waals surface area contributed by atoms with Gasteiger partial charge in [-0.05, 0) is 12.1 Å². The van der Waals surface area contributed by atoms with E-state index in [2.05, 4.69) is 15.2 Å². The summed E-state index contributed by atoms with van der Waals surface area (Å²) in [6.07, 6.45) is 1.63. The van der Waals surface area contributed by atoms with Gasteiger partial charge in [0.1, 0.15) is 5.52 Å². The molecule has 2 aromatic rings. The van der Waals surface area contributed by atoms with Crippen LogP contribution in [0.5, 0.6) is 0 Å². The van der Waals surface area contributed by atoms with Crippen molar-refractivity contribution in [3.63, 3.8) is 0 Å². The molecule has 0 saturated carbocycles. The number of carboxylic acid groups (broad SMARTS) is 1. The average molecular weight is 207 g/mol. The number of aliphatic carboxylic acids is 1. The van der Waals surface area contributed by atoms with Crippen LogP contribution in [0, 0.1) is 0 Å². The molecule has 6 nitrogen and oxygen atoms in total. The van der Waals surface area contributed by atoms with E-state index in [4.69, 9.17) is 9.90 Å². The minimum absolute atomic E-state index is 0.226. The van der Waals surface area contributed by atoms with Gasteiger partial charge in [-0.3, -0.25) is 14.6 Å². The number of hydrogen-bond donors (Lipinski definition) is 2. The quantitative estimate of drug-likeness (QED) is 0.652. The van der Waals surface area contributed by atoms with Crippen molar-refractivity contribution in [2.24, 2.45) is 0 Å². The summed E-state index contributed by atoms with van der Waals surface area (Å²) in [6, 6.07) is 4.98. The van der Waals surface area contributed by atoms with Crippen LogP contribution in [0.3, 0.4) is 0 Å². The molecule has 0 aromatic carbocycles. The third-order valence-corrected chi connectivity index (χ3v) is 1.37. The fourth-order valence-corrected chi connectivity index (χ4v) is 0.887. The Morgan fingerprint density at radius 2 is 2.13 bits per heavy atom. The van der Waals surface area contributed by atoms with Crippen LogP contribution in [0.2, 0.25) is 0 Å². The van der Waals surface area contributed by atoms with Crippen molar-refractivity contribution in [2.75, 3.05) is 0 Å². The summed E-state index contributed by atoms with van der Waals surface area (Å²) in [5.74, 6) is -0.833. The first-order chi connectivity index (χ1) is 7.09. The van der Waals surface area contributed by atoms with Gasteiger partial charge in [-0.2, -0.15) is 5.10 Å². The van der Waals surface area contributed by atoms with Crippen LogP contribution < -0.4 is 5.56 Å². The number of nitrogens with zero attached hydrogens (tertiary/aromatic N) is 2. The second-order valence-electron chi connectivity index (χ2n) is 2.66. The van der Waals surface area contributed by atoms with Crippen molar-refractivity contribution in [3.8, 4) is 0 Å². The summed E-state index contributed by atoms with van der Waals surface area (Å²) in [5.41, 5.74) is 1.10. The zero-order valence-corrected chi connectivity index (χ0v) is 7.97. The van der Waals surface area contributed by atoms with Gasteiger partial charge >= 0.3 is 0 Å². The Morgan fingerprint density at radius 1 is 1.47 bits per heavy atom. The van der Waals surface area contributed by atoms with E-state index in [0.717, 1.165) is 6.92 Å². The van der Waals surface area contributed by atoms with Crippen molar-refractivity contribution in [3.05, 3.63) is 34.7 Å². The van der Waals surface area contributed by atoms with Crippen LogP contribution >= 0.6 is 0 Å². The van der Waals surface area contributed by atoms with E-state index < -0.39 is 5.97 Å². The fraction of sp³-hybridized carbons (Fsp3) is 0.111. The Labute approximate surface area is 84.6 Å². The average Bonchev–Trinajstić information content (AvgIpc) is 2.16. The van der Waals surface area contributed by atoms with Gasteiger partial charge in [0.25, 0.3) is 11.5 Å². The summed E-state index contributed by atoms with van der Waals surface area (Å²) in [5, 5.41) is 13.5. The molecule has 0 radical (unpaired) electrons.